The van der Waals surface area contributed by atoms with Crippen molar-refractivity contribution in [1.82, 2.24) is 5.32 Å². The van der Waals surface area contributed by atoms with E-state index in [9.17, 15) is 13.9 Å². The van der Waals surface area contributed by atoms with Gasteiger partial charge >= 0.3 is 0 Å². The van der Waals surface area contributed by atoms with Gasteiger partial charge in [0.15, 0.2) is 0 Å². The standard InChI is InChI=1S/C15H21F2NO/c1-10(12-9-11(16)7-8-13(12)17)18-14-5-3-2-4-6-15(14)19/h7-10,14-15,18-19H,2-6H2,1H3. The summed E-state index contributed by atoms with van der Waals surface area (Å²) in [6.07, 6.45) is 4.47. The zero-order valence-electron chi connectivity index (χ0n) is 11.2. The number of aliphatic hydroxyl groups excluding tert-OH is 1. The maximum atomic E-state index is 13.7. The van der Waals surface area contributed by atoms with Crippen LogP contribution in [0.5, 0.6) is 0 Å². The van der Waals surface area contributed by atoms with Crippen LogP contribution in [0.3, 0.4) is 0 Å². The Kier molecular flexibility index (Phi) is 4.88. The summed E-state index contributed by atoms with van der Waals surface area (Å²) in [5.74, 6) is -0.851. The van der Waals surface area contributed by atoms with Crippen molar-refractivity contribution in [1.29, 1.82) is 0 Å². The van der Waals surface area contributed by atoms with Crippen molar-refractivity contribution < 1.29 is 13.9 Å². The minimum absolute atomic E-state index is 0.0415. The Labute approximate surface area is 112 Å². The van der Waals surface area contributed by atoms with Gasteiger partial charge in [-0.2, -0.15) is 0 Å². The Bertz CT molecular complexity index is 425. The molecule has 0 bridgehead atoms. The molecule has 3 unspecified atom stereocenters. The summed E-state index contributed by atoms with van der Waals surface area (Å²) in [6, 6.07) is 3.13. The third-order valence-electron chi connectivity index (χ3n) is 3.87. The molecule has 1 aromatic rings. The molecule has 0 spiro atoms. The van der Waals surface area contributed by atoms with E-state index in [-0.39, 0.29) is 12.1 Å². The molecule has 1 aromatic carbocycles. The van der Waals surface area contributed by atoms with Gasteiger partial charge in [-0.3, -0.25) is 0 Å². The molecule has 1 aliphatic rings. The van der Waals surface area contributed by atoms with Gasteiger partial charge in [0.2, 0.25) is 0 Å². The van der Waals surface area contributed by atoms with Crippen LogP contribution >= 0.6 is 0 Å². The van der Waals surface area contributed by atoms with E-state index in [1.807, 2.05) is 0 Å². The summed E-state index contributed by atoms with van der Waals surface area (Å²) in [6.45, 7) is 1.80. The summed E-state index contributed by atoms with van der Waals surface area (Å²) in [5.41, 5.74) is 0.316. The van der Waals surface area contributed by atoms with Gasteiger partial charge in [-0.15, -0.1) is 0 Å². The van der Waals surface area contributed by atoms with Gasteiger partial charge in [0.05, 0.1) is 6.10 Å². The Morgan fingerprint density at radius 2 is 1.95 bits per heavy atom. The minimum Gasteiger partial charge on any atom is -0.392 e. The maximum absolute atomic E-state index is 13.7. The summed E-state index contributed by atoms with van der Waals surface area (Å²) in [5, 5.41) is 13.3. The third-order valence-corrected chi connectivity index (χ3v) is 3.87. The normalized spacial score (nSPS) is 25.9. The van der Waals surface area contributed by atoms with E-state index in [0.717, 1.165) is 44.2 Å². The van der Waals surface area contributed by atoms with Crippen LogP contribution < -0.4 is 5.32 Å². The molecule has 0 radical (unpaired) electrons. The Balaban J connectivity index is 2.06. The van der Waals surface area contributed by atoms with E-state index < -0.39 is 17.7 Å². The average molecular weight is 269 g/mol. The fourth-order valence-electron chi connectivity index (χ4n) is 2.74. The number of aliphatic hydroxyl groups is 1. The van der Waals surface area contributed by atoms with Crippen molar-refractivity contribution in [3.63, 3.8) is 0 Å². The first-order valence-electron chi connectivity index (χ1n) is 6.97. The quantitative estimate of drug-likeness (QED) is 0.825. The van der Waals surface area contributed by atoms with E-state index in [4.69, 9.17) is 0 Å². The molecular weight excluding hydrogens is 248 g/mol. The Hall–Kier alpha value is -1.00. The lowest BCUT2D eigenvalue weighted by Gasteiger charge is -2.26. The highest BCUT2D eigenvalue weighted by Crippen LogP contribution is 2.23. The smallest absolute Gasteiger partial charge is 0.128 e. The second-order valence-corrected chi connectivity index (χ2v) is 5.37. The monoisotopic (exact) mass is 269 g/mol. The number of hydrogen-bond donors (Lipinski definition) is 2. The van der Waals surface area contributed by atoms with E-state index >= 15 is 0 Å². The van der Waals surface area contributed by atoms with Crippen LogP contribution in [-0.4, -0.2) is 17.3 Å². The van der Waals surface area contributed by atoms with Crippen molar-refractivity contribution in [2.75, 3.05) is 0 Å². The highest BCUT2D eigenvalue weighted by Gasteiger charge is 2.24. The van der Waals surface area contributed by atoms with Gasteiger partial charge in [0, 0.05) is 17.6 Å². The molecule has 0 heterocycles. The summed E-state index contributed by atoms with van der Waals surface area (Å²) < 4.78 is 26.9. The minimum atomic E-state index is -0.438. The summed E-state index contributed by atoms with van der Waals surface area (Å²) in [4.78, 5) is 0. The van der Waals surface area contributed by atoms with E-state index in [1.54, 1.807) is 6.92 Å². The van der Waals surface area contributed by atoms with E-state index in [1.165, 1.54) is 6.07 Å². The number of nitrogens with one attached hydrogen (secondary N) is 1. The average Bonchev–Trinajstić information content (AvgIpc) is 2.58. The van der Waals surface area contributed by atoms with E-state index in [2.05, 4.69) is 5.32 Å². The number of benzene rings is 1. The second-order valence-electron chi connectivity index (χ2n) is 5.37. The Morgan fingerprint density at radius 1 is 1.21 bits per heavy atom. The first-order chi connectivity index (χ1) is 9.08. The molecule has 0 saturated heterocycles. The first kappa shape index (κ1) is 14.4. The van der Waals surface area contributed by atoms with Crippen molar-refractivity contribution >= 4 is 0 Å². The predicted octanol–water partition coefficient (Wildman–Crippen LogP) is 3.31. The topological polar surface area (TPSA) is 32.3 Å². The SMILES string of the molecule is CC(NC1CCCCCC1O)c1cc(F)ccc1F. The van der Waals surface area contributed by atoms with Crippen LogP contribution in [0.15, 0.2) is 18.2 Å². The zero-order valence-corrected chi connectivity index (χ0v) is 11.2. The fraction of sp³-hybridized carbons (Fsp3) is 0.600. The van der Waals surface area contributed by atoms with Crippen LogP contribution in [0.4, 0.5) is 8.78 Å². The molecule has 1 fully saturated rings. The predicted molar refractivity (Wildman–Crippen MR) is 70.8 cm³/mol. The van der Waals surface area contributed by atoms with Crippen molar-refractivity contribution in [3.8, 4) is 0 Å². The van der Waals surface area contributed by atoms with Crippen molar-refractivity contribution in [2.45, 2.75) is 57.2 Å². The maximum Gasteiger partial charge on any atom is 0.128 e. The van der Waals surface area contributed by atoms with Gasteiger partial charge in [-0.25, -0.2) is 8.78 Å². The first-order valence-corrected chi connectivity index (χ1v) is 6.97. The molecule has 0 aromatic heterocycles. The molecule has 2 N–H and O–H groups in total. The van der Waals surface area contributed by atoms with Crippen LogP contribution in [-0.2, 0) is 0 Å². The molecule has 19 heavy (non-hydrogen) atoms. The molecule has 1 aliphatic carbocycles. The van der Waals surface area contributed by atoms with Crippen LogP contribution in [0.1, 0.15) is 50.6 Å². The number of halogens is 2. The highest BCUT2D eigenvalue weighted by molar-refractivity contribution is 5.22. The molecule has 106 valence electrons. The Morgan fingerprint density at radius 3 is 2.74 bits per heavy atom. The molecule has 0 aliphatic heterocycles. The third kappa shape index (κ3) is 3.74. The van der Waals surface area contributed by atoms with Gasteiger partial charge in [0.25, 0.3) is 0 Å². The number of hydrogen-bond acceptors (Lipinski definition) is 2. The molecule has 2 rings (SSSR count). The van der Waals surface area contributed by atoms with Gasteiger partial charge in [-0.1, -0.05) is 19.3 Å². The lowest BCUT2D eigenvalue weighted by Crippen LogP contribution is -2.40. The largest absolute Gasteiger partial charge is 0.392 e. The lowest BCUT2D eigenvalue weighted by atomic mass is 10.0. The van der Waals surface area contributed by atoms with E-state index in [0.29, 0.717) is 5.56 Å². The van der Waals surface area contributed by atoms with Crippen molar-refractivity contribution in [2.24, 2.45) is 0 Å². The van der Waals surface area contributed by atoms with Crippen LogP contribution in [0, 0.1) is 11.6 Å². The second kappa shape index (κ2) is 6.44. The van der Waals surface area contributed by atoms with Crippen LogP contribution in [0.2, 0.25) is 0 Å². The fourth-order valence-corrected chi connectivity index (χ4v) is 2.74. The molecular formula is C15H21F2NO. The molecule has 3 atom stereocenters. The van der Waals surface area contributed by atoms with Gasteiger partial charge < -0.3 is 10.4 Å². The number of rotatable bonds is 3. The zero-order chi connectivity index (χ0) is 13.8. The highest BCUT2D eigenvalue weighted by atomic mass is 19.1. The molecule has 0 amide bonds. The van der Waals surface area contributed by atoms with Crippen LogP contribution in [0.25, 0.3) is 0 Å². The molecule has 1 saturated carbocycles. The molecule has 2 nitrogen and oxygen atoms in total. The van der Waals surface area contributed by atoms with Crippen molar-refractivity contribution in [3.05, 3.63) is 35.4 Å². The summed E-state index contributed by atoms with van der Waals surface area (Å²) >= 11 is 0. The lowest BCUT2D eigenvalue weighted by molar-refractivity contribution is 0.114. The van der Waals surface area contributed by atoms with Gasteiger partial charge in [-0.05, 0) is 38.0 Å². The van der Waals surface area contributed by atoms with Gasteiger partial charge in [0.1, 0.15) is 11.6 Å². The molecule has 4 heteroatoms. The summed E-state index contributed by atoms with van der Waals surface area (Å²) in [7, 11) is 0.